The second-order valence-corrected chi connectivity index (χ2v) is 6.25. The highest BCUT2D eigenvalue weighted by Crippen LogP contribution is 2.28. The van der Waals surface area contributed by atoms with Crippen LogP contribution in [0.15, 0.2) is 59.6 Å². The van der Waals surface area contributed by atoms with Crippen molar-refractivity contribution in [2.45, 2.75) is 19.8 Å². The number of hydrogen-bond acceptors (Lipinski definition) is 3. The number of nitrogens with one attached hydrogen (secondary N) is 1. The Morgan fingerprint density at radius 1 is 1.20 bits per heavy atom. The number of unbranched alkanes of at least 4 members (excludes halogenated alkanes) is 1. The third kappa shape index (κ3) is 5.64. The van der Waals surface area contributed by atoms with Crippen molar-refractivity contribution in [1.29, 1.82) is 0 Å². The number of amides is 1. The number of benzene rings is 2. The van der Waals surface area contributed by atoms with Crippen molar-refractivity contribution in [2.75, 3.05) is 18.5 Å². The van der Waals surface area contributed by atoms with Gasteiger partial charge in [0.25, 0.3) is 5.91 Å². The molecule has 0 radical (unpaired) electrons. The Labute approximate surface area is 157 Å². The molecule has 0 aliphatic carbocycles. The maximum atomic E-state index is 12.5. The van der Waals surface area contributed by atoms with Gasteiger partial charge in [-0.05, 0) is 52.7 Å². The topological polar surface area (TPSA) is 47.6 Å². The van der Waals surface area contributed by atoms with Gasteiger partial charge in [0, 0.05) is 5.56 Å². The molecule has 2 aromatic rings. The van der Waals surface area contributed by atoms with Gasteiger partial charge in [0.05, 0.1) is 16.8 Å². The third-order valence-electron chi connectivity index (χ3n) is 3.44. The zero-order valence-corrected chi connectivity index (χ0v) is 15.8. The van der Waals surface area contributed by atoms with Crippen LogP contribution in [0, 0.1) is 0 Å². The van der Waals surface area contributed by atoms with Crippen molar-refractivity contribution < 1.29 is 14.3 Å². The summed E-state index contributed by atoms with van der Waals surface area (Å²) < 4.78 is 12.0. The Balaban J connectivity index is 2.08. The molecule has 132 valence electrons. The minimum atomic E-state index is -0.213. The zero-order valence-electron chi connectivity index (χ0n) is 14.3. The van der Waals surface area contributed by atoms with Gasteiger partial charge in [-0.15, -0.1) is 0 Å². The van der Waals surface area contributed by atoms with Gasteiger partial charge in [0.15, 0.2) is 0 Å². The number of ether oxygens (including phenoxy) is 2. The molecule has 5 heteroatoms. The van der Waals surface area contributed by atoms with E-state index in [-0.39, 0.29) is 5.91 Å². The van der Waals surface area contributed by atoms with Crippen LogP contribution < -0.4 is 14.8 Å². The Morgan fingerprint density at radius 2 is 2.00 bits per heavy atom. The first-order valence-electron chi connectivity index (χ1n) is 8.22. The molecule has 0 aromatic heterocycles. The molecule has 0 spiro atoms. The predicted molar refractivity (Wildman–Crippen MR) is 105 cm³/mol. The van der Waals surface area contributed by atoms with Crippen molar-refractivity contribution in [1.82, 2.24) is 0 Å². The van der Waals surface area contributed by atoms with E-state index < -0.39 is 0 Å². The number of halogens is 1. The molecule has 0 heterocycles. The fourth-order valence-corrected chi connectivity index (χ4v) is 2.62. The summed E-state index contributed by atoms with van der Waals surface area (Å²) in [6, 6.07) is 12.6. The Bertz CT molecular complexity index is 731. The maximum Gasteiger partial charge on any atom is 0.255 e. The van der Waals surface area contributed by atoms with Crippen LogP contribution in [0.2, 0.25) is 0 Å². The van der Waals surface area contributed by atoms with Crippen molar-refractivity contribution in [3.05, 3.63) is 65.2 Å². The fourth-order valence-electron chi connectivity index (χ4n) is 2.12. The predicted octanol–water partition coefficient (Wildman–Crippen LogP) is 5.45. The van der Waals surface area contributed by atoms with Gasteiger partial charge >= 0.3 is 0 Å². The molecule has 25 heavy (non-hydrogen) atoms. The lowest BCUT2D eigenvalue weighted by Gasteiger charge is -2.12. The van der Waals surface area contributed by atoms with Crippen LogP contribution in [-0.2, 0) is 0 Å². The number of carbonyl (C=O) groups excluding carboxylic acids is 1. The summed E-state index contributed by atoms with van der Waals surface area (Å²) >= 11 is 3.46. The van der Waals surface area contributed by atoms with Gasteiger partial charge in [-0.3, -0.25) is 4.79 Å². The largest absolute Gasteiger partial charge is 0.492 e. The molecule has 0 aliphatic rings. The van der Waals surface area contributed by atoms with Gasteiger partial charge in [0.1, 0.15) is 18.1 Å². The Kier molecular flexibility index (Phi) is 7.54. The van der Waals surface area contributed by atoms with E-state index in [1.165, 1.54) is 0 Å². The normalized spacial score (nSPS) is 10.2. The Morgan fingerprint density at radius 3 is 2.72 bits per heavy atom. The molecular weight excluding hydrogens is 382 g/mol. The van der Waals surface area contributed by atoms with Crippen LogP contribution in [0.1, 0.15) is 30.1 Å². The first kappa shape index (κ1) is 19.1. The van der Waals surface area contributed by atoms with Gasteiger partial charge < -0.3 is 14.8 Å². The number of hydrogen-bond donors (Lipinski definition) is 1. The van der Waals surface area contributed by atoms with Crippen LogP contribution in [0.3, 0.4) is 0 Å². The molecule has 2 rings (SSSR count). The quantitative estimate of drug-likeness (QED) is 0.447. The average Bonchev–Trinajstić information content (AvgIpc) is 2.62. The first-order chi connectivity index (χ1) is 12.2. The summed E-state index contributed by atoms with van der Waals surface area (Å²) in [4.78, 5) is 12.5. The summed E-state index contributed by atoms with van der Waals surface area (Å²) in [5.74, 6) is 1.13. The van der Waals surface area contributed by atoms with Gasteiger partial charge in [-0.1, -0.05) is 38.1 Å². The number of rotatable bonds is 9. The summed E-state index contributed by atoms with van der Waals surface area (Å²) in [6.07, 6.45) is 3.73. The standard InChI is InChI=1S/C20H22BrNO3/c1-3-5-13-25-18-11-10-15(14-16(18)21)20(23)22-17-8-6-7-9-19(17)24-12-4-2/h4,6-11,14H,2-3,5,12-13H2,1H3,(H,22,23). The van der Waals surface area contributed by atoms with E-state index in [0.29, 0.717) is 30.2 Å². The van der Waals surface area contributed by atoms with Crippen LogP contribution in [-0.4, -0.2) is 19.1 Å². The molecule has 0 bridgehead atoms. The molecule has 2 aromatic carbocycles. The lowest BCUT2D eigenvalue weighted by Crippen LogP contribution is -2.13. The molecule has 1 amide bonds. The highest BCUT2D eigenvalue weighted by molar-refractivity contribution is 9.10. The van der Waals surface area contributed by atoms with Crippen LogP contribution in [0.5, 0.6) is 11.5 Å². The summed E-state index contributed by atoms with van der Waals surface area (Å²) in [5, 5.41) is 2.87. The summed E-state index contributed by atoms with van der Waals surface area (Å²) in [5.41, 5.74) is 1.15. The van der Waals surface area contributed by atoms with Crippen LogP contribution in [0.4, 0.5) is 5.69 Å². The van der Waals surface area contributed by atoms with E-state index in [1.54, 1.807) is 36.4 Å². The monoisotopic (exact) mass is 403 g/mol. The summed E-state index contributed by atoms with van der Waals surface area (Å²) in [6.45, 7) is 6.78. The lowest BCUT2D eigenvalue weighted by atomic mass is 10.2. The van der Waals surface area contributed by atoms with E-state index in [0.717, 1.165) is 23.1 Å². The number of anilines is 1. The first-order valence-corrected chi connectivity index (χ1v) is 9.01. The number of para-hydroxylation sites is 2. The van der Waals surface area contributed by atoms with E-state index in [9.17, 15) is 4.79 Å². The molecular formula is C20H22BrNO3. The van der Waals surface area contributed by atoms with Crippen LogP contribution in [0.25, 0.3) is 0 Å². The minimum absolute atomic E-state index is 0.213. The molecule has 0 atom stereocenters. The van der Waals surface area contributed by atoms with Gasteiger partial charge in [0.2, 0.25) is 0 Å². The summed E-state index contributed by atoms with van der Waals surface area (Å²) in [7, 11) is 0. The molecule has 0 saturated heterocycles. The second kappa shape index (κ2) is 9.89. The Hall–Kier alpha value is -2.27. The van der Waals surface area contributed by atoms with E-state index in [1.807, 2.05) is 12.1 Å². The highest BCUT2D eigenvalue weighted by Gasteiger charge is 2.12. The van der Waals surface area contributed by atoms with E-state index in [4.69, 9.17) is 9.47 Å². The lowest BCUT2D eigenvalue weighted by molar-refractivity contribution is 0.102. The second-order valence-electron chi connectivity index (χ2n) is 5.40. The molecule has 0 fully saturated rings. The highest BCUT2D eigenvalue weighted by atomic mass is 79.9. The van der Waals surface area contributed by atoms with Crippen molar-refractivity contribution in [3.63, 3.8) is 0 Å². The fraction of sp³-hybridized carbons (Fsp3) is 0.250. The SMILES string of the molecule is C=CCOc1ccccc1NC(=O)c1ccc(OCCCC)c(Br)c1. The molecule has 0 saturated carbocycles. The molecule has 4 nitrogen and oxygen atoms in total. The minimum Gasteiger partial charge on any atom is -0.492 e. The smallest absolute Gasteiger partial charge is 0.255 e. The van der Waals surface area contributed by atoms with Crippen molar-refractivity contribution >= 4 is 27.5 Å². The molecule has 1 N–H and O–H groups in total. The van der Waals surface area contributed by atoms with Crippen molar-refractivity contribution in [3.8, 4) is 11.5 Å². The molecule has 0 unspecified atom stereocenters. The maximum absolute atomic E-state index is 12.5. The molecule has 0 aliphatic heterocycles. The van der Waals surface area contributed by atoms with Crippen molar-refractivity contribution in [2.24, 2.45) is 0 Å². The van der Waals surface area contributed by atoms with E-state index in [2.05, 4.69) is 34.7 Å². The third-order valence-corrected chi connectivity index (χ3v) is 4.06. The zero-order chi connectivity index (χ0) is 18.1. The van der Waals surface area contributed by atoms with Gasteiger partial charge in [-0.2, -0.15) is 0 Å². The average molecular weight is 404 g/mol. The van der Waals surface area contributed by atoms with Crippen LogP contribution >= 0.6 is 15.9 Å². The van der Waals surface area contributed by atoms with Gasteiger partial charge in [-0.25, -0.2) is 0 Å². The number of carbonyl (C=O) groups is 1. The van der Waals surface area contributed by atoms with E-state index >= 15 is 0 Å².